The molecule has 0 radical (unpaired) electrons. The highest BCUT2D eigenvalue weighted by Crippen LogP contribution is 2.19. The highest BCUT2D eigenvalue weighted by Gasteiger charge is 2.30. The van der Waals surface area contributed by atoms with Gasteiger partial charge in [-0.1, -0.05) is 12.1 Å². The van der Waals surface area contributed by atoms with Crippen LogP contribution in [0, 0.1) is 6.92 Å². The number of aliphatic carboxylic acids is 1. The molecule has 0 spiro atoms. The lowest BCUT2D eigenvalue weighted by molar-refractivity contribution is -0.137. The third kappa shape index (κ3) is 5.43. The molecule has 1 heterocycles. The lowest BCUT2D eigenvalue weighted by Crippen LogP contribution is -2.50. The second-order valence-electron chi connectivity index (χ2n) is 6.44. The van der Waals surface area contributed by atoms with Gasteiger partial charge in [0, 0.05) is 45.5 Å². The Labute approximate surface area is 154 Å². The van der Waals surface area contributed by atoms with Gasteiger partial charge in [0.2, 0.25) is 15.9 Å². The summed E-state index contributed by atoms with van der Waals surface area (Å²) in [5, 5.41) is 8.65. The number of hydrogen-bond donors (Lipinski definition) is 1. The van der Waals surface area contributed by atoms with Crippen LogP contribution >= 0.6 is 0 Å². The van der Waals surface area contributed by atoms with E-state index in [-0.39, 0.29) is 13.0 Å². The first kappa shape index (κ1) is 20.2. The van der Waals surface area contributed by atoms with E-state index in [1.165, 1.54) is 11.4 Å². The van der Waals surface area contributed by atoms with Gasteiger partial charge in [-0.2, -0.15) is 4.31 Å². The molecule has 0 aromatic heterocycles. The van der Waals surface area contributed by atoms with Gasteiger partial charge >= 0.3 is 5.97 Å². The Hall–Kier alpha value is -2.13. The third-order valence-electron chi connectivity index (χ3n) is 4.39. The molecule has 26 heavy (non-hydrogen) atoms. The van der Waals surface area contributed by atoms with Crippen LogP contribution in [-0.2, 0) is 19.6 Å². The predicted molar refractivity (Wildman–Crippen MR) is 98.6 cm³/mol. The van der Waals surface area contributed by atoms with Gasteiger partial charge in [0.05, 0.1) is 6.42 Å². The molecule has 1 aromatic carbocycles. The maximum absolute atomic E-state index is 12.5. The lowest BCUT2D eigenvalue weighted by atomic mass is 10.2. The van der Waals surface area contributed by atoms with Crippen molar-refractivity contribution in [3.63, 3.8) is 0 Å². The number of aryl methyl sites for hydroxylation is 1. The van der Waals surface area contributed by atoms with Gasteiger partial charge in [-0.3, -0.25) is 9.59 Å². The number of amides is 1. The molecule has 1 aliphatic heterocycles. The molecular weight excluding hydrogens is 358 g/mol. The van der Waals surface area contributed by atoms with Crippen LogP contribution in [0.5, 0.6) is 0 Å². The number of rotatable bonds is 7. The molecule has 0 saturated carbocycles. The molecule has 1 aliphatic rings. The number of hydrogen-bond acceptors (Lipinski definition) is 5. The number of sulfonamides is 1. The molecule has 0 unspecified atom stereocenters. The van der Waals surface area contributed by atoms with Crippen molar-refractivity contribution in [2.24, 2.45) is 0 Å². The second-order valence-corrected chi connectivity index (χ2v) is 8.41. The Kier molecular flexibility index (Phi) is 6.60. The van der Waals surface area contributed by atoms with Gasteiger partial charge in [-0.15, -0.1) is 0 Å². The van der Waals surface area contributed by atoms with Crippen LogP contribution in [0.15, 0.2) is 24.3 Å². The monoisotopic (exact) mass is 383 g/mol. The number of anilines is 1. The maximum atomic E-state index is 12.5. The first-order valence-corrected chi connectivity index (χ1v) is 10.0. The van der Waals surface area contributed by atoms with Gasteiger partial charge in [0.1, 0.15) is 5.75 Å². The summed E-state index contributed by atoms with van der Waals surface area (Å²) in [6.45, 7) is 3.77. The van der Waals surface area contributed by atoms with Crippen LogP contribution in [0.2, 0.25) is 0 Å². The van der Waals surface area contributed by atoms with Crippen LogP contribution in [0.1, 0.15) is 12.0 Å². The summed E-state index contributed by atoms with van der Waals surface area (Å²) in [6, 6.07) is 8.04. The molecule has 8 nitrogen and oxygen atoms in total. The molecule has 1 amide bonds. The van der Waals surface area contributed by atoms with E-state index in [1.807, 2.05) is 25.1 Å². The summed E-state index contributed by atoms with van der Waals surface area (Å²) in [6.07, 6.45) is -0.211. The van der Waals surface area contributed by atoms with E-state index in [4.69, 9.17) is 5.11 Å². The molecule has 2 rings (SSSR count). The standard InChI is InChI=1S/C17H25N3O5S/c1-14-4-3-5-15(12-14)19-8-10-20(11-9-19)26(24,25)13-16(21)18(2)7-6-17(22)23/h3-5,12H,6-11,13H2,1-2H3,(H,22,23). The maximum Gasteiger partial charge on any atom is 0.305 e. The Balaban J connectivity index is 1.90. The Morgan fingerprint density at radius 2 is 1.85 bits per heavy atom. The summed E-state index contributed by atoms with van der Waals surface area (Å²) < 4.78 is 26.3. The highest BCUT2D eigenvalue weighted by atomic mass is 32.2. The first-order valence-electron chi connectivity index (χ1n) is 8.44. The SMILES string of the molecule is Cc1cccc(N2CCN(S(=O)(=O)CC(=O)N(C)CCC(=O)O)CC2)c1. The predicted octanol–water partition coefficient (Wildman–Crippen LogP) is 0.380. The average molecular weight is 383 g/mol. The van der Waals surface area contributed by atoms with Gasteiger partial charge < -0.3 is 14.9 Å². The minimum absolute atomic E-state index is 0.00910. The van der Waals surface area contributed by atoms with E-state index in [0.717, 1.165) is 16.2 Å². The minimum Gasteiger partial charge on any atom is -0.481 e. The number of benzene rings is 1. The molecule has 1 saturated heterocycles. The van der Waals surface area contributed by atoms with E-state index >= 15 is 0 Å². The van der Waals surface area contributed by atoms with Gasteiger partial charge in [0.15, 0.2) is 0 Å². The summed E-state index contributed by atoms with van der Waals surface area (Å²) in [5.41, 5.74) is 2.21. The molecule has 9 heteroatoms. The quantitative estimate of drug-likeness (QED) is 0.731. The van der Waals surface area contributed by atoms with Crippen molar-refractivity contribution in [3.8, 4) is 0 Å². The van der Waals surface area contributed by atoms with Crippen molar-refractivity contribution < 1.29 is 23.1 Å². The van der Waals surface area contributed by atoms with Crippen molar-refractivity contribution in [1.82, 2.24) is 9.21 Å². The second kappa shape index (κ2) is 8.50. The molecule has 1 fully saturated rings. The fourth-order valence-electron chi connectivity index (χ4n) is 2.79. The molecular formula is C17H25N3O5S. The van der Waals surface area contributed by atoms with Crippen LogP contribution in [-0.4, -0.2) is 80.1 Å². The molecule has 1 N–H and O–H groups in total. The van der Waals surface area contributed by atoms with Crippen molar-refractivity contribution in [2.75, 3.05) is 50.4 Å². The molecule has 0 bridgehead atoms. The van der Waals surface area contributed by atoms with E-state index in [2.05, 4.69) is 11.0 Å². The normalized spacial score (nSPS) is 15.7. The zero-order valence-electron chi connectivity index (χ0n) is 15.1. The number of piperazine rings is 1. The fraction of sp³-hybridized carbons (Fsp3) is 0.529. The number of carboxylic acid groups (broad SMARTS) is 1. The number of nitrogens with zero attached hydrogens (tertiary/aromatic N) is 3. The molecule has 144 valence electrons. The van der Waals surface area contributed by atoms with Gasteiger partial charge in [0.25, 0.3) is 0 Å². The van der Waals surface area contributed by atoms with E-state index in [1.54, 1.807) is 0 Å². The minimum atomic E-state index is -3.71. The molecule has 0 aliphatic carbocycles. The van der Waals surface area contributed by atoms with Crippen LogP contribution in [0.25, 0.3) is 0 Å². The lowest BCUT2D eigenvalue weighted by Gasteiger charge is -2.35. The molecule has 1 aromatic rings. The Morgan fingerprint density at radius 3 is 2.42 bits per heavy atom. The van der Waals surface area contributed by atoms with Gasteiger partial charge in [-0.05, 0) is 24.6 Å². The van der Waals surface area contributed by atoms with Crippen molar-refractivity contribution in [2.45, 2.75) is 13.3 Å². The van der Waals surface area contributed by atoms with Crippen molar-refractivity contribution in [3.05, 3.63) is 29.8 Å². The highest BCUT2D eigenvalue weighted by molar-refractivity contribution is 7.89. The topological polar surface area (TPSA) is 98.2 Å². The fourth-order valence-corrected chi connectivity index (χ4v) is 4.23. The Bertz CT molecular complexity index is 757. The summed E-state index contributed by atoms with van der Waals surface area (Å²) >= 11 is 0. The van der Waals surface area contributed by atoms with Crippen molar-refractivity contribution in [1.29, 1.82) is 0 Å². The van der Waals surface area contributed by atoms with Crippen LogP contribution in [0.3, 0.4) is 0 Å². The number of carbonyl (C=O) groups excluding carboxylic acids is 1. The summed E-state index contributed by atoms with van der Waals surface area (Å²) in [4.78, 5) is 25.9. The third-order valence-corrected chi connectivity index (χ3v) is 6.16. The van der Waals surface area contributed by atoms with E-state index in [0.29, 0.717) is 26.2 Å². The molecule has 0 atom stereocenters. The van der Waals surface area contributed by atoms with E-state index < -0.39 is 27.7 Å². The van der Waals surface area contributed by atoms with Crippen LogP contribution < -0.4 is 4.90 Å². The summed E-state index contributed by atoms with van der Waals surface area (Å²) in [5.74, 6) is -2.25. The number of carboxylic acids is 1. The average Bonchev–Trinajstić information content (AvgIpc) is 2.59. The van der Waals surface area contributed by atoms with E-state index in [9.17, 15) is 18.0 Å². The number of carbonyl (C=O) groups is 2. The smallest absolute Gasteiger partial charge is 0.305 e. The van der Waals surface area contributed by atoms with Crippen molar-refractivity contribution >= 4 is 27.6 Å². The first-order chi connectivity index (χ1) is 12.2. The largest absolute Gasteiger partial charge is 0.481 e. The zero-order valence-corrected chi connectivity index (χ0v) is 15.9. The summed E-state index contributed by atoms with van der Waals surface area (Å²) in [7, 11) is -2.30. The Morgan fingerprint density at radius 1 is 1.19 bits per heavy atom. The van der Waals surface area contributed by atoms with Crippen LogP contribution in [0.4, 0.5) is 5.69 Å². The van der Waals surface area contributed by atoms with Gasteiger partial charge in [-0.25, -0.2) is 8.42 Å². The zero-order chi connectivity index (χ0) is 19.3.